The van der Waals surface area contributed by atoms with Gasteiger partial charge in [-0.25, -0.2) is 13.2 Å². The minimum atomic E-state index is -3.45. The highest BCUT2D eigenvalue weighted by atomic mass is 32.2. The lowest BCUT2D eigenvalue weighted by Crippen LogP contribution is -2.32. The summed E-state index contributed by atoms with van der Waals surface area (Å²) in [6.45, 7) is 5.18. The standard InChI is InChI=1S/C21H25NO5S/c1-5-19(16-9-6-14(2)7-10-16)22-20(23)13-27-21(24)18-12-17(28(4,25)26)11-8-15(18)3/h6-12,19H,5,13H2,1-4H3,(H,22,23)/t19-/m1/s1. The van der Waals surface area contributed by atoms with Crippen molar-refractivity contribution < 1.29 is 22.7 Å². The highest BCUT2D eigenvalue weighted by molar-refractivity contribution is 7.90. The van der Waals surface area contributed by atoms with Crippen molar-refractivity contribution >= 4 is 21.7 Å². The van der Waals surface area contributed by atoms with E-state index in [1.165, 1.54) is 18.2 Å². The lowest BCUT2D eigenvalue weighted by Gasteiger charge is -2.18. The van der Waals surface area contributed by atoms with Crippen LogP contribution in [0.25, 0.3) is 0 Å². The van der Waals surface area contributed by atoms with Gasteiger partial charge in [-0.2, -0.15) is 0 Å². The molecule has 28 heavy (non-hydrogen) atoms. The molecule has 0 saturated heterocycles. The van der Waals surface area contributed by atoms with Crippen LogP contribution in [0.2, 0.25) is 0 Å². The van der Waals surface area contributed by atoms with Gasteiger partial charge in [0.15, 0.2) is 16.4 Å². The molecular weight excluding hydrogens is 378 g/mol. The van der Waals surface area contributed by atoms with Gasteiger partial charge >= 0.3 is 5.97 Å². The Hall–Kier alpha value is -2.67. The van der Waals surface area contributed by atoms with Crippen LogP contribution in [0.5, 0.6) is 0 Å². The zero-order valence-corrected chi connectivity index (χ0v) is 17.3. The van der Waals surface area contributed by atoms with Gasteiger partial charge in [0.05, 0.1) is 16.5 Å². The topological polar surface area (TPSA) is 89.5 Å². The van der Waals surface area contributed by atoms with E-state index in [0.717, 1.165) is 17.4 Å². The Bertz CT molecular complexity index is 965. The number of carbonyl (C=O) groups excluding carboxylic acids is 2. The molecule has 0 saturated carbocycles. The normalized spacial score (nSPS) is 12.3. The molecule has 0 aliphatic carbocycles. The molecule has 0 aliphatic rings. The summed E-state index contributed by atoms with van der Waals surface area (Å²) in [7, 11) is -3.45. The maximum atomic E-state index is 12.3. The molecule has 1 atom stereocenters. The monoisotopic (exact) mass is 403 g/mol. The minimum absolute atomic E-state index is 0.0277. The van der Waals surface area contributed by atoms with Gasteiger partial charge in [0.25, 0.3) is 5.91 Å². The largest absolute Gasteiger partial charge is 0.452 e. The van der Waals surface area contributed by atoms with E-state index in [0.29, 0.717) is 12.0 Å². The molecule has 0 unspecified atom stereocenters. The van der Waals surface area contributed by atoms with Gasteiger partial charge in [-0.15, -0.1) is 0 Å². The summed E-state index contributed by atoms with van der Waals surface area (Å²) in [5.41, 5.74) is 2.81. The van der Waals surface area contributed by atoms with Crippen molar-refractivity contribution in [3.05, 3.63) is 64.7 Å². The second kappa shape index (κ2) is 9.01. The lowest BCUT2D eigenvalue weighted by molar-refractivity contribution is -0.125. The van der Waals surface area contributed by atoms with Gasteiger partial charge in [-0.3, -0.25) is 4.79 Å². The van der Waals surface area contributed by atoms with Crippen molar-refractivity contribution in [3.8, 4) is 0 Å². The summed E-state index contributed by atoms with van der Waals surface area (Å²) in [6, 6.07) is 11.9. The van der Waals surface area contributed by atoms with Crippen LogP contribution >= 0.6 is 0 Å². The molecule has 0 bridgehead atoms. The number of carbonyl (C=O) groups is 2. The quantitative estimate of drug-likeness (QED) is 0.718. The number of hydrogen-bond acceptors (Lipinski definition) is 5. The molecule has 7 heteroatoms. The summed E-state index contributed by atoms with van der Waals surface area (Å²) >= 11 is 0. The maximum Gasteiger partial charge on any atom is 0.338 e. The molecule has 2 aromatic rings. The molecule has 0 fully saturated rings. The Kier molecular flexibility index (Phi) is 6.96. The van der Waals surface area contributed by atoms with Gasteiger partial charge in [0.2, 0.25) is 0 Å². The molecule has 1 amide bonds. The highest BCUT2D eigenvalue weighted by Crippen LogP contribution is 2.18. The maximum absolute atomic E-state index is 12.3. The second-order valence-electron chi connectivity index (χ2n) is 6.76. The van der Waals surface area contributed by atoms with Crippen LogP contribution in [0.4, 0.5) is 0 Å². The van der Waals surface area contributed by atoms with E-state index >= 15 is 0 Å². The second-order valence-corrected chi connectivity index (χ2v) is 8.78. The summed E-state index contributed by atoms with van der Waals surface area (Å²) in [5.74, 6) is -1.15. The first kappa shape index (κ1) is 21.6. The summed E-state index contributed by atoms with van der Waals surface area (Å²) in [5, 5.41) is 2.85. The predicted octanol–water partition coefficient (Wildman–Crippen LogP) is 3.13. The summed E-state index contributed by atoms with van der Waals surface area (Å²) < 4.78 is 28.5. The molecule has 0 radical (unpaired) electrons. The molecule has 0 spiro atoms. The highest BCUT2D eigenvalue weighted by Gasteiger charge is 2.18. The molecule has 2 rings (SSSR count). The minimum Gasteiger partial charge on any atom is -0.452 e. The molecule has 0 aliphatic heterocycles. The van der Waals surface area contributed by atoms with E-state index in [1.54, 1.807) is 6.92 Å². The van der Waals surface area contributed by atoms with Gasteiger partial charge < -0.3 is 10.1 Å². The first-order chi connectivity index (χ1) is 13.1. The van der Waals surface area contributed by atoms with Crippen molar-refractivity contribution in [3.63, 3.8) is 0 Å². The summed E-state index contributed by atoms with van der Waals surface area (Å²) in [4.78, 5) is 24.6. The number of esters is 1. The fourth-order valence-corrected chi connectivity index (χ4v) is 3.36. The molecule has 0 heterocycles. The van der Waals surface area contributed by atoms with Crippen LogP contribution in [0.1, 0.15) is 46.4 Å². The average Bonchev–Trinajstić information content (AvgIpc) is 2.64. The first-order valence-electron chi connectivity index (χ1n) is 8.95. The Morgan fingerprint density at radius 1 is 1.07 bits per heavy atom. The number of rotatable bonds is 7. The molecule has 2 aromatic carbocycles. The van der Waals surface area contributed by atoms with Crippen LogP contribution in [-0.2, 0) is 19.4 Å². The van der Waals surface area contributed by atoms with Crippen LogP contribution in [0.15, 0.2) is 47.4 Å². The van der Waals surface area contributed by atoms with E-state index in [9.17, 15) is 18.0 Å². The van der Waals surface area contributed by atoms with E-state index in [-0.39, 0.29) is 16.5 Å². The SMILES string of the molecule is CC[C@@H](NC(=O)COC(=O)c1cc(S(C)(=O)=O)ccc1C)c1ccc(C)cc1. The lowest BCUT2D eigenvalue weighted by atomic mass is 10.0. The van der Waals surface area contributed by atoms with Crippen LogP contribution in [-0.4, -0.2) is 33.2 Å². The number of nitrogens with one attached hydrogen (secondary N) is 1. The third-order valence-corrected chi connectivity index (χ3v) is 5.52. The fraction of sp³-hybridized carbons (Fsp3) is 0.333. The Balaban J connectivity index is 2.02. The number of benzene rings is 2. The van der Waals surface area contributed by atoms with Crippen LogP contribution in [0, 0.1) is 13.8 Å². The van der Waals surface area contributed by atoms with Crippen molar-refractivity contribution in [2.24, 2.45) is 0 Å². The number of ether oxygens (including phenoxy) is 1. The van der Waals surface area contributed by atoms with E-state index in [1.807, 2.05) is 38.1 Å². The number of sulfone groups is 1. The zero-order valence-electron chi connectivity index (χ0n) is 16.5. The van der Waals surface area contributed by atoms with Crippen molar-refractivity contribution in [1.82, 2.24) is 5.32 Å². The number of hydrogen-bond donors (Lipinski definition) is 1. The molecule has 6 nitrogen and oxygen atoms in total. The average molecular weight is 404 g/mol. The Morgan fingerprint density at radius 3 is 2.29 bits per heavy atom. The van der Waals surface area contributed by atoms with Crippen molar-refractivity contribution in [1.29, 1.82) is 0 Å². The predicted molar refractivity (Wildman–Crippen MR) is 107 cm³/mol. The smallest absolute Gasteiger partial charge is 0.338 e. The van der Waals surface area contributed by atoms with E-state index < -0.39 is 28.3 Å². The van der Waals surface area contributed by atoms with Crippen molar-refractivity contribution in [2.45, 2.75) is 38.1 Å². The summed E-state index contributed by atoms with van der Waals surface area (Å²) in [6.07, 6.45) is 1.76. The van der Waals surface area contributed by atoms with Crippen molar-refractivity contribution in [2.75, 3.05) is 12.9 Å². The Morgan fingerprint density at radius 2 is 1.71 bits per heavy atom. The fourth-order valence-electron chi connectivity index (χ4n) is 2.72. The number of aryl methyl sites for hydroxylation is 2. The zero-order chi connectivity index (χ0) is 20.9. The third-order valence-electron chi connectivity index (χ3n) is 4.41. The van der Waals surface area contributed by atoms with Crippen LogP contribution < -0.4 is 5.32 Å². The van der Waals surface area contributed by atoms with Gasteiger partial charge in [0, 0.05) is 6.26 Å². The molecule has 1 N–H and O–H groups in total. The molecule has 150 valence electrons. The van der Waals surface area contributed by atoms with E-state index in [4.69, 9.17) is 4.74 Å². The molecular formula is C21H25NO5S. The third kappa shape index (κ3) is 5.66. The first-order valence-corrected chi connectivity index (χ1v) is 10.8. The number of amides is 1. The van der Waals surface area contributed by atoms with Gasteiger partial charge in [-0.1, -0.05) is 42.8 Å². The molecule has 0 aromatic heterocycles. The van der Waals surface area contributed by atoms with Gasteiger partial charge in [0.1, 0.15) is 0 Å². The van der Waals surface area contributed by atoms with Gasteiger partial charge in [-0.05, 0) is 43.5 Å². The Labute approximate surface area is 165 Å². The van der Waals surface area contributed by atoms with Crippen LogP contribution in [0.3, 0.4) is 0 Å². The van der Waals surface area contributed by atoms with E-state index in [2.05, 4.69) is 5.32 Å².